The normalized spacial score (nSPS) is 11.7. The summed E-state index contributed by atoms with van der Waals surface area (Å²) in [5.74, 6) is -0.519. The van der Waals surface area contributed by atoms with Crippen molar-refractivity contribution in [1.29, 1.82) is 0 Å². The van der Waals surface area contributed by atoms with E-state index in [1.165, 1.54) is 42.6 Å². The number of hydrazone groups is 1. The maximum Gasteiger partial charge on any atom is 0.255 e. The Morgan fingerprint density at radius 3 is 2.34 bits per heavy atom. The molecule has 166 valence electrons. The van der Waals surface area contributed by atoms with Gasteiger partial charge in [-0.1, -0.05) is 35.3 Å². The van der Waals surface area contributed by atoms with Crippen LogP contribution in [-0.4, -0.2) is 36.5 Å². The van der Waals surface area contributed by atoms with E-state index in [9.17, 15) is 18.3 Å². The molecule has 0 heterocycles. The zero-order chi connectivity index (χ0) is 23.1. The molecule has 0 saturated carbocycles. The molecular formula is C22H19Cl2N3O4S. The van der Waals surface area contributed by atoms with Crippen molar-refractivity contribution in [3.8, 4) is 5.75 Å². The molecule has 0 bridgehead atoms. The molecule has 7 nitrogen and oxygen atoms in total. The Balaban J connectivity index is 1.79. The number of phenols is 1. The number of nitrogens with zero attached hydrogens (tertiary/aromatic N) is 2. The molecule has 0 spiro atoms. The van der Waals surface area contributed by atoms with Crippen molar-refractivity contribution in [1.82, 2.24) is 9.73 Å². The number of carbonyl (C=O) groups excluding carboxylic acids is 1. The van der Waals surface area contributed by atoms with Gasteiger partial charge < -0.3 is 5.11 Å². The zero-order valence-corrected chi connectivity index (χ0v) is 19.0. The van der Waals surface area contributed by atoms with Crippen LogP contribution in [0.25, 0.3) is 0 Å². The first-order valence-electron chi connectivity index (χ1n) is 9.35. The number of benzene rings is 3. The van der Waals surface area contributed by atoms with Gasteiger partial charge in [0.15, 0.2) is 0 Å². The van der Waals surface area contributed by atoms with Gasteiger partial charge in [0, 0.05) is 16.6 Å². The van der Waals surface area contributed by atoms with Crippen molar-refractivity contribution in [2.75, 3.05) is 6.54 Å². The topological polar surface area (TPSA) is 99.1 Å². The van der Waals surface area contributed by atoms with Crippen LogP contribution in [0, 0.1) is 0 Å². The quantitative estimate of drug-likeness (QED) is 0.366. The number of hydrogen-bond donors (Lipinski definition) is 2. The van der Waals surface area contributed by atoms with Crippen LogP contribution in [0.15, 0.2) is 82.8 Å². The lowest BCUT2D eigenvalue weighted by Crippen LogP contribution is -2.39. The summed E-state index contributed by atoms with van der Waals surface area (Å²) in [5, 5.41) is 14.0. The number of carbonyl (C=O) groups is 1. The third-order valence-electron chi connectivity index (χ3n) is 4.32. The fourth-order valence-electron chi connectivity index (χ4n) is 2.76. The highest BCUT2D eigenvalue weighted by molar-refractivity contribution is 7.89. The molecule has 0 saturated heterocycles. The minimum atomic E-state index is -4.01. The van der Waals surface area contributed by atoms with Crippen LogP contribution >= 0.6 is 23.2 Å². The first-order valence-corrected chi connectivity index (χ1v) is 11.5. The molecule has 0 aromatic heterocycles. The van der Waals surface area contributed by atoms with Gasteiger partial charge in [-0.2, -0.15) is 9.41 Å². The zero-order valence-electron chi connectivity index (χ0n) is 16.7. The van der Waals surface area contributed by atoms with E-state index in [1.807, 2.05) is 0 Å². The molecule has 0 aliphatic heterocycles. The minimum absolute atomic E-state index is 0.00400. The van der Waals surface area contributed by atoms with Crippen molar-refractivity contribution >= 4 is 45.3 Å². The largest absolute Gasteiger partial charge is 0.508 e. The fraction of sp³-hybridized carbons (Fsp3) is 0.0909. The van der Waals surface area contributed by atoms with E-state index in [0.29, 0.717) is 21.2 Å². The third-order valence-corrected chi connectivity index (χ3v) is 6.61. The second-order valence-corrected chi connectivity index (χ2v) is 9.55. The monoisotopic (exact) mass is 491 g/mol. The third kappa shape index (κ3) is 6.54. The standard InChI is InChI=1S/C22H19Cl2N3O4S/c23-18-6-10-21(11-7-18)32(30,31)27(14-17-2-1-3-19(24)12-17)15-22(29)26-25-13-16-4-8-20(28)9-5-16/h1-13,28H,14-15H2,(H,26,29)/b25-13-. The number of hydrogen-bond acceptors (Lipinski definition) is 5. The van der Waals surface area contributed by atoms with Crippen molar-refractivity contribution < 1.29 is 18.3 Å². The predicted octanol–water partition coefficient (Wildman–Crippen LogP) is 4.04. The van der Waals surface area contributed by atoms with Gasteiger partial charge in [-0.05, 0) is 71.8 Å². The Hall–Kier alpha value is -2.91. The molecule has 3 aromatic carbocycles. The van der Waals surface area contributed by atoms with Gasteiger partial charge in [0.25, 0.3) is 5.91 Å². The Morgan fingerprint density at radius 2 is 1.69 bits per heavy atom. The molecule has 0 aliphatic rings. The molecule has 3 aromatic rings. The molecule has 0 atom stereocenters. The first-order chi connectivity index (χ1) is 15.2. The second-order valence-electron chi connectivity index (χ2n) is 6.74. The van der Waals surface area contributed by atoms with Gasteiger partial charge >= 0.3 is 0 Å². The van der Waals surface area contributed by atoms with E-state index < -0.39 is 22.5 Å². The molecular weight excluding hydrogens is 473 g/mol. The molecule has 0 fully saturated rings. The lowest BCUT2D eigenvalue weighted by Gasteiger charge is -2.21. The highest BCUT2D eigenvalue weighted by Gasteiger charge is 2.27. The number of amides is 1. The summed E-state index contributed by atoms with van der Waals surface area (Å²) in [6, 6.07) is 18.6. The molecule has 2 N–H and O–H groups in total. The fourth-order valence-corrected chi connectivity index (χ4v) is 4.48. The van der Waals surface area contributed by atoms with E-state index in [1.54, 1.807) is 36.4 Å². The summed E-state index contributed by atoms with van der Waals surface area (Å²) in [5.41, 5.74) is 3.59. The van der Waals surface area contributed by atoms with E-state index in [0.717, 1.165) is 4.31 Å². The van der Waals surface area contributed by atoms with Gasteiger partial charge in [-0.3, -0.25) is 4.79 Å². The lowest BCUT2D eigenvalue weighted by atomic mass is 10.2. The summed E-state index contributed by atoms with van der Waals surface area (Å²) in [4.78, 5) is 12.5. The number of aromatic hydroxyl groups is 1. The van der Waals surface area contributed by atoms with Crippen LogP contribution in [0.2, 0.25) is 10.0 Å². The lowest BCUT2D eigenvalue weighted by molar-refractivity contribution is -0.121. The van der Waals surface area contributed by atoms with Crippen LogP contribution in [0.4, 0.5) is 0 Å². The van der Waals surface area contributed by atoms with E-state index >= 15 is 0 Å². The van der Waals surface area contributed by atoms with Crippen molar-refractivity contribution in [2.24, 2.45) is 5.10 Å². The highest BCUT2D eigenvalue weighted by Crippen LogP contribution is 2.21. The molecule has 32 heavy (non-hydrogen) atoms. The summed E-state index contributed by atoms with van der Waals surface area (Å²) >= 11 is 11.9. The smallest absolute Gasteiger partial charge is 0.255 e. The molecule has 0 unspecified atom stereocenters. The Bertz CT molecular complexity index is 1210. The van der Waals surface area contributed by atoms with Crippen LogP contribution in [-0.2, 0) is 21.4 Å². The molecule has 0 radical (unpaired) electrons. The maximum atomic E-state index is 13.2. The van der Waals surface area contributed by atoms with Gasteiger partial charge in [0.05, 0.1) is 17.7 Å². The second kappa shape index (κ2) is 10.6. The number of halogens is 2. The van der Waals surface area contributed by atoms with Crippen LogP contribution < -0.4 is 5.43 Å². The molecule has 3 rings (SSSR count). The summed E-state index contributed by atoms with van der Waals surface area (Å²) in [6.45, 7) is -0.537. The van der Waals surface area contributed by atoms with Gasteiger partial charge in [-0.15, -0.1) is 0 Å². The van der Waals surface area contributed by atoms with Crippen molar-refractivity contribution in [2.45, 2.75) is 11.4 Å². The van der Waals surface area contributed by atoms with E-state index in [4.69, 9.17) is 23.2 Å². The number of nitrogens with one attached hydrogen (secondary N) is 1. The highest BCUT2D eigenvalue weighted by atomic mass is 35.5. The van der Waals surface area contributed by atoms with Crippen LogP contribution in [0.5, 0.6) is 5.75 Å². The minimum Gasteiger partial charge on any atom is -0.508 e. The van der Waals surface area contributed by atoms with Gasteiger partial charge in [-0.25, -0.2) is 13.8 Å². The number of rotatable bonds is 8. The SMILES string of the molecule is O=C(CN(Cc1cccc(Cl)c1)S(=O)(=O)c1ccc(Cl)cc1)N/N=C\c1ccc(O)cc1. The summed E-state index contributed by atoms with van der Waals surface area (Å²) in [6.07, 6.45) is 1.38. The van der Waals surface area contributed by atoms with Crippen molar-refractivity contribution in [3.63, 3.8) is 0 Å². The number of sulfonamides is 1. The summed E-state index contributed by atoms with van der Waals surface area (Å²) in [7, 11) is -4.01. The Morgan fingerprint density at radius 1 is 1.00 bits per heavy atom. The van der Waals surface area contributed by atoms with Gasteiger partial charge in [0.1, 0.15) is 5.75 Å². The van der Waals surface area contributed by atoms with Gasteiger partial charge in [0.2, 0.25) is 10.0 Å². The van der Waals surface area contributed by atoms with Crippen molar-refractivity contribution in [3.05, 3.63) is 94.0 Å². The van der Waals surface area contributed by atoms with Crippen LogP contribution in [0.3, 0.4) is 0 Å². The van der Waals surface area contributed by atoms with E-state index in [-0.39, 0.29) is 17.2 Å². The number of phenolic OH excluding ortho intramolecular Hbond substituents is 1. The average molecular weight is 492 g/mol. The predicted molar refractivity (Wildman–Crippen MR) is 124 cm³/mol. The maximum absolute atomic E-state index is 13.2. The molecule has 0 aliphatic carbocycles. The molecule has 1 amide bonds. The van der Waals surface area contributed by atoms with E-state index in [2.05, 4.69) is 10.5 Å². The molecule has 10 heteroatoms. The first kappa shape index (κ1) is 23.7. The van der Waals surface area contributed by atoms with Crippen LogP contribution in [0.1, 0.15) is 11.1 Å². The average Bonchev–Trinajstić information content (AvgIpc) is 2.75. The Labute approximate surface area is 196 Å². The Kier molecular flexibility index (Phi) is 7.87. The summed E-state index contributed by atoms with van der Waals surface area (Å²) < 4.78 is 27.4.